The molecule has 0 aliphatic carbocycles. The van der Waals surface area contributed by atoms with Gasteiger partial charge in [-0.3, -0.25) is 24.6 Å². The normalized spacial score (nSPS) is 20.3. The number of hydrogen-bond donors (Lipinski definition) is 1. The van der Waals surface area contributed by atoms with Gasteiger partial charge in [0.15, 0.2) is 0 Å². The van der Waals surface area contributed by atoms with Crippen LogP contribution < -0.4 is 10.2 Å². The first-order valence-electron chi connectivity index (χ1n) is 9.18. The molecule has 0 radical (unpaired) electrons. The van der Waals surface area contributed by atoms with Gasteiger partial charge in [-0.15, -0.1) is 0 Å². The van der Waals surface area contributed by atoms with Crippen molar-refractivity contribution < 1.29 is 23.7 Å². The Labute approximate surface area is 170 Å². The van der Waals surface area contributed by atoms with Crippen LogP contribution in [0.1, 0.15) is 18.1 Å². The number of urea groups is 1. The summed E-state index contributed by atoms with van der Waals surface area (Å²) in [5.74, 6) is -1.64. The molecule has 4 rings (SSSR count). The average molecular weight is 412 g/mol. The van der Waals surface area contributed by atoms with Gasteiger partial charge in [-0.25, -0.2) is 9.18 Å². The Morgan fingerprint density at radius 3 is 2.60 bits per heavy atom. The smallest absolute Gasteiger partial charge is 0.319 e. The maximum absolute atomic E-state index is 13.2. The number of halogens is 1. The van der Waals surface area contributed by atoms with Crippen molar-refractivity contribution in [1.29, 1.82) is 0 Å². The van der Waals surface area contributed by atoms with Gasteiger partial charge in [0.2, 0.25) is 5.91 Å². The van der Waals surface area contributed by atoms with Gasteiger partial charge in [0, 0.05) is 18.7 Å². The Balaban J connectivity index is 1.56. The summed E-state index contributed by atoms with van der Waals surface area (Å²) in [6.45, 7) is 1.28. The molecule has 2 heterocycles. The number of nitro benzene ring substituents is 1. The topological polar surface area (TPSA) is 113 Å². The molecule has 10 heteroatoms. The van der Waals surface area contributed by atoms with E-state index in [0.29, 0.717) is 24.2 Å². The van der Waals surface area contributed by atoms with Crippen LogP contribution in [0.25, 0.3) is 0 Å². The third kappa shape index (κ3) is 3.06. The molecule has 1 atom stereocenters. The molecule has 1 fully saturated rings. The molecule has 2 aromatic rings. The largest absolute Gasteiger partial charge is 0.325 e. The molecule has 0 spiro atoms. The SMILES string of the molecule is CC1(c2ccc(F)cc2)NC(=O)N(CC(=O)N2CCc3ccc([N+](=O)[O-])cc32)C1=O. The van der Waals surface area contributed by atoms with E-state index in [1.165, 1.54) is 48.2 Å². The van der Waals surface area contributed by atoms with E-state index in [4.69, 9.17) is 0 Å². The Bertz CT molecular complexity index is 1090. The molecule has 1 unspecified atom stereocenters. The van der Waals surface area contributed by atoms with Crippen LogP contribution in [0, 0.1) is 15.9 Å². The average Bonchev–Trinajstić information content (AvgIpc) is 3.23. The summed E-state index contributed by atoms with van der Waals surface area (Å²) in [5, 5.41) is 13.6. The number of fused-ring (bicyclic) bond motifs is 1. The number of nitrogens with one attached hydrogen (secondary N) is 1. The zero-order valence-electron chi connectivity index (χ0n) is 15.9. The molecule has 2 aliphatic rings. The number of carbonyl (C=O) groups excluding carboxylic acids is 3. The first-order valence-corrected chi connectivity index (χ1v) is 9.18. The molecule has 154 valence electrons. The number of rotatable bonds is 4. The highest BCUT2D eigenvalue weighted by atomic mass is 19.1. The molecule has 30 heavy (non-hydrogen) atoms. The Hall–Kier alpha value is -3.82. The van der Waals surface area contributed by atoms with E-state index in [2.05, 4.69) is 5.32 Å². The number of nitrogens with zero attached hydrogens (tertiary/aromatic N) is 3. The van der Waals surface area contributed by atoms with Crippen LogP contribution in [0.3, 0.4) is 0 Å². The van der Waals surface area contributed by atoms with Gasteiger partial charge in [0.1, 0.15) is 17.9 Å². The number of imide groups is 1. The second kappa shape index (κ2) is 6.90. The molecule has 4 amide bonds. The van der Waals surface area contributed by atoms with E-state index in [-0.39, 0.29) is 5.69 Å². The lowest BCUT2D eigenvalue weighted by Gasteiger charge is -2.23. The van der Waals surface area contributed by atoms with Gasteiger partial charge in [-0.05, 0) is 36.6 Å². The highest BCUT2D eigenvalue weighted by Gasteiger charge is 2.50. The Kier molecular flexibility index (Phi) is 4.49. The monoisotopic (exact) mass is 412 g/mol. The van der Waals surface area contributed by atoms with Gasteiger partial charge in [0.25, 0.3) is 11.6 Å². The number of hydrogen-bond acceptors (Lipinski definition) is 5. The Morgan fingerprint density at radius 2 is 1.93 bits per heavy atom. The minimum absolute atomic E-state index is 0.146. The predicted octanol–water partition coefficient (Wildman–Crippen LogP) is 2.09. The van der Waals surface area contributed by atoms with E-state index in [1.807, 2.05) is 0 Å². The van der Waals surface area contributed by atoms with Crippen molar-refractivity contribution in [3.05, 3.63) is 69.5 Å². The maximum Gasteiger partial charge on any atom is 0.325 e. The predicted molar refractivity (Wildman–Crippen MR) is 103 cm³/mol. The van der Waals surface area contributed by atoms with Crippen molar-refractivity contribution in [2.45, 2.75) is 18.9 Å². The fraction of sp³-hybridized carbons (Fsp3) is 0.250. The zero-order valence-corrected chi connectivity index (χ0v) is 15.9. The maximum atomic E-state index is 13.2. The molecule has 0 bridgehead atoms. The molecule has 1 N–H and O–H groups in total. The van der Waals surface area contributed by atoms with Crippen LogP contribution in [-0.4, -0.2) is 40.8 Å². The minimum Gasteiger partial charge on any atom is -0.319 e. The van der Waals surface area contributed by atoms with E-state index < -0.39 is 40.7 Å². The molecule has 9 nitrogen and oxygen atoms in total. The van der Waals surface area contributed by atoms with Crippen molar-refractivity contribution in [1.82, 2.24) is 10.2 Å². The van der Waals surface area contributed by atoms with Crippen LogP contribution in [0.5, 0.6) is 0 Å². The molecule has 0 saturated carbocycles. The summed E-state index contributed by atoms with van der Waals surface area (Å²) in [6.07, 6.45) is 0.520. The summed E-state index contributed by atoms with van der Waals surface area (Å²) < 4.78 is 13.2. The van der Waals surface area contributed by atoms with Gasteiger partial charge < -0.3 is 10.2 Å². The third-order valence-electron chi connectivity index (χ3n) is 5.47. The number of anilines is 1. The highest BCUT2D eigenvalue weighted by molar-refractivity contribution is 6.10. The molecular formula is C20H17FN4O5. The lowest BCUT2D eigenvalue weighted by atomic mass is 9.92. The number of amides is 4. The first kappa shape index (κ1) is 19.5. The van der Waals surface area contributed by atoms with Crippen LogP contribution in [0.15, 0.2) is 42.5 Å². The van der Waals surface area contributed by atoms with Gasteiger partial charge in [-0.1, -0.05) is 18.2 Å². The molecule has 0 aromatic heterocycles. The van der Waals surface area contributed by atoms with E-state index in [9.17, 15) is 28.9 Å². The molecule has 2 aliphatic heterocycles. The number of benzene rings is 2. The number of carbonyl (C=O) groups is 3. The summed E-state index contributed by atoms with van der Waals surface area (Å²) >= 11 is 0. The number of nitro groups is 1. The van der Waals surface area contributed by atoms with Gasteiger partial charge in [0.05, 0.1) is 10.6 Å². The fourth-order valence-corrected chi connectivity index (χ4v) is 3.78. The standard InChI is InChI=1S/C20H17FN4O5/c1-20(13-3-5-14(21)6-4-13)18(27)24(19(28)22-20)11-17(26)23-9-8-12-2-7-15(25(29)30)10-16(12)23/h2-7,10H,8-9,11H2,1H3,(H,22,28). The summed E-state index contributed by atoms with van der Waals surface area (Å²) in [7, 11) is 0. The lowest BCUT2D eigenvalue weighted by Crippen LogP contribution is -2.44. The number of non-ortho nitro benzene ring substituents is 1. The molecule has 1 saturated heterocycles. The summed E-state index contributed by atoms with van der Waals surface area (Å²) in [6, 6.07) is 8.71. The van der Waals surface area contributed by atoms with E-state index >= 15 is 0 Å². The van der Waals surface area contributed by atoms with Crippen molar-refractivity contribution in [3.63, 3.8) is 0 Å². The summed E-state index contributed by atoms with van der Waals surface area (Å²) in [5.41, 5.74) is 0.00349. The molecule has 2 aromatic carbocycles. The second-order valence-corrected chi connectivity index (χ2v) is 7.32. The van der Waals surface area contributed by atoms with Crippen LogP contribution in [0.4, 0.5) is 20.6 Å². The second-order valence-electron chi connectivity index (χ2n) is 7.32. The summed E-state index contributed by atoms with van der Waals surface area (Å²) in [4.78, 5) is 50.9. The van der Waals surface area contributed by atoms with Crippen LogP contribution in [-0.2, 0) is 21.5 Å². The van der Waals surface area contributed by atoms with Crippen molar-refractivity contribution in [2.24, 2.45) is 0 Å². The zero-order chi connectivity index (χ0) is 21.6. The third-order valence-corrected chi connectivity index (χ3v) is 5.47. The van der Waals surface area contributed by atoms with Gasteiger partial charge in [-0.2, -0.15) is 0 Å². The quantitative estimate of drug-likeness (QED) is 0.469. The Morgan fingerprint density at radius 1 is 1.23 bits per heavy atom. The highest BCUT2D eigenvalue weighted by Crippen LogP contribution is 2.33. The fourth-order valence-electron chi connectivity index (χ4n) is 3.78. The molecular weight excluding hydrogens is 395 g/mol. The van der Waals surface area contributed by atoms with E-state index in [1.54, 1.807) is 6.07 Å². The minimum atomic E-state index is -1.42. The van der Waals surface area contributed by atoms with E-state index in [0.717, 1.165) is 10.5 Å². The van der Waals surface area contributed by atoms with Crippen molar-refractivity contribution >= 4 is 29.2 Å². The lowest BCUT2D eigenvalue weighted by molar-refractivity contribution is -0.384. The van der Waals surface area contributed by atoms with Crippen molar-refractivity contribution in [2.75, 3.05) is 18.0 Å². The van der Waals surface area contributed by atoms with Crippen LogP contribution in [0.2, 0.25) is 0 Å². The van der Waals surface area contributed by atoms with Crippen molar-refractivity contribution in [3.8, 4) is 0 Å². The van der Waals surface area contributed by atoms with Gasteiger partial charge >= 0.3 is 6.03 Å². The first-order chi connectivity index (χ1) is 14.2. The van der Waals surface area contributed by atoms with Crippen LogP contribution >= 0.6 is 0 Å².